The Morgan fingerprint density at radius 2 is 2.10 bits per heavy atom. The van der Waals surface area contributed by atoms with Crippen LogP contribution in [0.3, 0.4) is 0 Å². The standard InChI is InChI=1S/C15H17N3O2/c1-10-13(7-12(16)8-17-10)15(20)18-14(9-19)11-5-3-2-4-6-11/h2-8,14,19H,9,16H2,1H3,(H,18,20). The van der Waals surface area contributed by atoms with Crippen molar-refractivity contribution in [1.29, 1.82) is 0 Å². The number of pyridine rings is 1. The highest BCUT2D eigenvalue weighted by atomic mass is 16.3. The van der Waals surface area contributed by atoms with Crippen molar-refractivity contribution in [2.24, 2.45) is 0 Å². The van der Waals surface area contributed by atoms with Gasteiger partial charge in [-0.2, -0.15) is 0 Å². The van der Waals surface area contributed by atoms with Crippen LogP contribution in [0.5, 0.6) is 0 Å². The van der Waals surface area contributed by atoms with E-state index in [2.05, 4.69) is 10.3 Å². The molecule has 1 atom stereocenters. The van der Waals surface area contributed by atoms with Gasteiger partial charge in [-0.1, -0.05) is 30.3 Å². The summed E-state index contributed by atoms with van der Waals surface area (Å²) < 4.78 is 0. The SMILES string of the molecule is Cc1ncc(N)cc1C(=O)NC(CO)c1ccccc1. The molecule has 5 heteroatoms. The number of hydrogen-bond acceptors (Lipinski definition) is 4. The molecule has 0 saturated heterocycles. The monoisotopic (exact) mass is 271 g/mol. The van der Waals surface area contributed by atoms with Gasteiger partial charge in [0.1, 0.15) is 0 Å². The Kier molecular flexibility index (Phi) is 4.32. The second-order valence-corrected chi connectivity index (χ2v) is 4.52. The van der Waals surface area contributed by atoms with E-state index in [4.69, 9.17) is 5.73 Å². The van der Waals surface area contributed by atoms with Crippen LogP contribution in [0.1, 0.15) is 27.7 Å². The summed E-state index contributed by atoms with van der Waals surface area (Å²) in [5.41, 5.74) is 7.94. The predicted octanol–water partition coefficient (Wildman–Crippen LogP) is 1.44. The van der Waals surface area contributed by atoms with E-state index in [9.17, 15) is 9.90 Å². The van der Waals surface area contributed by atoms with Crippen molar-refractivity contribution in [2.75, 3.05) is 12.3 Å². The lowest BCUT2D eigenvalue weighted by Crippen LogP contribution is -2.31. The Hall–Kier alpha value is -2.40. The molecule has 1 aromatic heterocycles. The quantitative estimate of drug-likeness (QED) is 0.785. The number of nitrogens with one attached hydrogen (secondary N) is 1. The molecule has 0 aliphatic heterocycles. The highest BCUT2D eigenvalue weighted by Crippen LogP contribution is 2.15. The smallest absolute Gasteiger partial charge is 0.253 e. The first kappa shape index (κ1) is 14.0. The predicted molar refractivity (Wildman–Crippen MR) is 77.1 cm³/mol. The molecule has 1 aromatic carbocycles. The van der Waals surface area contributed by atoms with E-state index in [1.807, 2.05) is 30.3 Å². The van der Waals surface area contributed by atoms with Crippen molar-refractivity contribution in [2.45, 2.75) is 13.0 Å². The number of hydrogen-bond donors (Lipinski definition) is 3. The van der Waals surface area contributed by atoms with Gasteiger partial charge in [0.25, 0.3) is 5.91 Å². The molecule has 104 valence electrons. The minimum Gasteiger partial charge on any atom is -0.397 e. The fourth-order valence-electron chi connectivity index (χ4n) is 1.93. The normalized spacial score (nSPS) is 11.9. The Morgan fingerprint density at radius 3 is 2.75 bits per heavy atom. The second-order valence-electron chi connectivity index (χ2n) is 4.52. The summed E-state index contributed by atoms with van der Waals surface area (Å²) in [5, 5.41) is 12.2. The summed E-state index contributed by atoms with van der Waals surface area (Å²) in [6, 6.07) is 10.4. The zero-order valence-electron chi connectivity index (χ0n) is 11.2. The van der Waals surface area contributed by atoms with E-state index >= 15 is 0 Å². The number of nitrogen functional groups attached to an aromatic ring is 1. The fraction of sp³-hybridized carbons (Fsp3) is 0.200. The van der Waals surface area contributed by atoms with Crippen molar-refractivity contribution < 1.29 is 9.90 Å². The number of amides is 1. The van der Waals surface area contributed by atoms with Crippen LogP contribution in [0.2, 0.25) is 0 Å². The number of aliphatic hydroxyl groups excluding tert-OH is 1. The topological polar surface area (TPSA) is 88.2 Å². The molecule has 0 radical (unpaired) electrons. The summed E-state index contributed by atoms with van der Waals surface area (Å²) in [5.74, 6) is -0.301. The number of aliphatic hydroxyl groups is 1. The van der Waals surface area contributed by atoms with E-state index in [0.717, 1.165) is 5.56 Å². The van der Waals surface area contributed by atoms with Crippen LogP contribution in [0.4, 0.5) is 5.69 Å². The molecule has 2 rings (SSSR count). The van der Waals surface area contributed by atoms with Gasteiger partial charge in [-0.25, -0.2) is 0 Å². The summed E-state index contributed by atoms with van der Waals surface area (Å²) in [7, 11) is 0. The summed E-state index contributed by atoms with van der Waals surface area (Å²) in [6.45, 7) is 1.56. The van der Waals surface area contributed by atoms with Gasteiger partial charge < -0.3 is 16.2 Å². The number of carbonyl (C=O) groups is 1. The van der Waals surface area contributed by atoms with Crippen LogP contribution in [0.25, 0.3) is 0 Å². The highest BCUT2D eigenvalue weighted by molar-refractivity contribution is 5.96. The van der Waals surface area contributed by atoms with Crippen molar-refractivity contribution in [3.05, 3.63) is 59.4 Å². The molecule has 0 fully saturated rings. The van der Waals surface area contributed by atoms with E-state index in [0.29, 0.717) is 16.9 Å². The molecule has 0 aliphatic carbocycles. The number of anilines is 1. The first-order chi connectivity index (χ1) is 9.61. The minimum absolute atomic E-state index is 0.176. The maximum absolute atomic E-state index is 12.2. The molecular weight excluding hydrogens is 254 g/mol. The van der Waals surface area contributed by atoms with Gasteiger partial charge in [-0.05, 0) is 18.6 Å². The molecule has 4 N–H and O–H groups in total. The van der Waals surface area contributed by atoms with E-state index in [1.165, 1.54) is 6.20 Å². The summed E-state index contributed by atoms with van der Waals surface area (Å²) in [4.78, 5) is 16.3. The minimum atomic E-state index is -0.454. The third-order valence-electron chi connectivity index (χ3n) is 3.04. The first-order valence-electron chi connectivity index (χ1n) is 6.30. The molecule has 0 aliphatic rings. The molecule has 5 nitrogen and oxygen atoms in total. The lowest BCUT2D eigenvalue weighted by Gasteiger charge is -2.17. The maximum atomic E-state index is 12.2. The summed E-state index contributed by atoms with van der Waals surface area (Å²) >= 11 is 0. The summed E-state index contributed by atoms with van der Waals surface area (Å²) in [6.07, 6.45) is 1.51. The molecule has 2 aromatic rings. The molecule has 1 unspecified atom stereocenters. The number of carbonyl (C=O) groups excluding carboxylic acids is 1. The fourth-order valence-corrected chi connectivity index (χ4v) is 1.93. The first-order valence-corrected chi connectivity index (χ1v) is 6.30. The van der Waals surface area contributed by atoms with Crippen molar-refractivity contribution >= 4 is 11.6 Å². The Balaban J connectivity index is 2.20. The third-order valence-corrected chi connectivity index (χ3v) is 3.04. The largest absolute Gasteiger partial charge is 0.397 e. The van der Waals surface area contributed by atoms with Crippen LogP contribution < -0.4 is 11.1 Å². The molecular formula is C15H17N3O2. The molecule has 1 heterocycles. The Morgan fingerprint density at radius 1 is 1.40 bits per heavy atom. The molecule has 0 bridgehead atoms. The zero-order valence-corrected chi connectivity index (χ0v) is 11.2. The average molecular weight is 271 g/mol. The van der Waals surface area contributed by atoms with Crippen LogP contribution in [0, 0.1) is 6.92 Å². The lowest BCUT2D eigenvalue weighted by molar-refractivity contribution is 0.0915. The lowest BCUT2D eigenvalue weighted by atomic mass is 10.1. The third kappa shape index (κ3) is 3.13. The number of aryl methyl sites for hydroxylation is 1. The van der Waals surface area contributed by atoms with Gasteiger partial charge in [0.2, 0.25) is 0 Å². The van der Waals surface area contributed by atoms with Crippen LogP contribution in [-0.4, -0.2) is 22.6 Å². The van der Waals surface area contributed by atoms with Crippen molar-refractivity contribution in [1.82, 2.24) is 10.3 Å². The average Bonchev–Trinajstić information content (AvgIpc) is 2.48. The van der Waals surface area contributed by atoms with E-state index in [-0.39, 0.29) is 12.5 Å². The second kappa shape index (κ2) is 6.16. The number of benzene rings is 1. The van der Waals surface area contributed by atoms with Gasteiger partial charge >= 0.3 is 0 Å². The number of nitrogens with zero attached hydrogens (tertiary/aromatic N) is 1. The van der Waals surface area contributed by atoms with Crippen molar-refractivity contribution in [3.8, 4) is 0 Å². The van der Waals surface area contributed by atoms with Crippen LogP contribution in [-0.2, 0) is 0 Å². The zero-order chi connectivity index (χ0) is 14.5. The van der Waals surface area contributed by atoms with Gasteiger partial charge in [-0.15, -0.1) is 0 Å². The van der Waals surface area contributed by atoms with E-state index < -0.39 is 6.04 Å². The van der Waals surface area contributed by atoms with Gasteiger partial charge in [0, 0.05) is 0 Å². The number of rotatable bonds is 4. The Bertz CT molecular complexity index is 599. The van der Waals surface area contributed by atoms with Crippen LogP contribution >= 0.6 is 0 Å². The molecule has 20 heavy (non-hydrogen) atoms. The molecule has 1 amide bonds. The van der Waals surface area contributed by atoms with Gasteiger partial charge in [0.15, 0.2) is 0 Å². The Labute approximate surface area is 117 Å². The number of nitrogens with two attached hydrogens (primary N) is 1. The molecule has 0 spiro atoms. The van der Waals surface area contributed by atoms with Crippen LogP contribution in [0.15, 0.2) is 42.6 Å². The highest BCUT2D eigenvalue weighted by Gasteiger charge is 2.16. The van der Waals surface area contributed by atoms with E-state index in [1.54, 1.807) is 13.0 Å². The van der Waals surface area contributed by atoms with Crippen molar-refractivity contribution in [3.63, 3.8) is 0 Å². The van der Waals surface area contributed by atoms with Gasteiger partial charge in [-0.3, -0.25) is 9.78 Å². The number of aromatic nitrogens is 1. The van der Waals surface area contributed by atoms with Gasteiger partial charge in [0.05, 0.1) is 35.8 Å². The maximum Gasteiger partial charge on any atom is 0.253 e. The molecule has 0 saturated carbocycles.